The van der Waals surface area contributed by atoms with Gasteiger partial charge in [0.2, 0.25) is 0 Å². The number of ether oxygens (including phenoxy) is 4. The monoisotopic (exact) mass is 1480 g/mol. The van der Waals surface area contributed by atoms with Gasteiger partial charge < -0.3 is 33.8 Å². The van der Waals surface area contributed by atoms with Crippen molar-refractivity contribution in [2.24, 2.45) is 11.8 Å². The van der Waals surface area contributed by atoms with Crippen LogP contribution in [0.5, 0.6) is 0 Å². The van der Waals surface area contributed by atoms with Gasteiger partial charge in [0.1, 0.15) is 19.3 Å². The van der Waals surface area contributed by atoms with Gasteiger partial charge in [-0.3, -0.25) is 37.3 Å². The summed E-state index contributed by atoms with van der Waals surface area (Å²) < 4.78 is 68.7. The van der Waals surface area contributed by atoms with Gasteiger partial charge in [0, 0.05) is 25.7 Å². The van der Waals surface area contributed by atoms with Crippen LogP contribution >= 0.6 is 15.6 Å². The second-order valence-corrected chi connectivity index (χ2v) is 32.5. The highest BCUT2D eigenvalue weighted by molar-refractivity contribution is 7.47. The Morgan fingerprint density at radius 2 is 0.584 bits per heavy atom. The number of phosphoric ester groups is 2. The van der Waals surface area contributed by atoms with Crippen molar-refractivity contribution >= 4 is 39.5 Å². The van der Waals surface area contributed by atoms with Gasteiger partial charge in [0.05, 0.1) is 26.4 Å². The molecule has 3 unspecified atom stereocenters. The second-order valence-electron chi connectivity index (χ2n) is 29.5. The summed E-state index contributed by atoms with van der Waals surface area (Å²) in [5.41, 5.74) is 0. The quantitative estimate of drug-likeness (QED) is 0.0169. The van der Waals surface area contributed by atoms with Gasteiger partial charge in [-0.05, 0) is 63.2 Å². The van der Waals surface area contributed by atoms with E-state index >= 15 is 0 Å². The molecule has 0 aliphatic heterocycles. The molecule has 0 radical (unpaired) electrons. The zero-order valence-corrected chi connectivity index (χ0v) is 67.5. The third-order valence-electron chi connectivity index (χ3n) is 18.9. The largest absolute Gasteiger partial charge is 0.472 e. The number of aliphatic hydroxyl groups is 1. The van der Waals surface area contributed by atoms with Gasteiger partial charge in [-0.2, -0.15) is 0 Å². The van der Waals surface area contributed by atoms with Crippen LogP contribution in [0.4, 0.5) is 0 Å². The highest BCUT2D eigenvalue weighted by Crippen LogP contribution is 2.45. The number of esters is 4. The Labute approximate surface area is 618 Å². The molecule has 596 valence electrons. The van der Waals surface area contributed by atoms with Gasteiger partial charge in [-0.1, -0.05) is 355 Å². The molecule has 0 spiro atoms. The van der Waals surface area contributed by atoms with Crippen molar-refractivity contribution in [1.29, 1.82) is 0 Å². The highest BCUT2D eigenvalue weighted by Gasteiger charge is 2.30. The molecule has 0 aromatic rings. The Morgan fingerprint density at radius 1 is 0.327 bits per heavy atom. The van der Waals surface area contributed by atoms with Crippen LogP contribution in [0.3, 0.4) is 0 Å². The van der Waals surface area contributed by atoms with Crippen LogP contribution in [0.25, 0.3) is 0 Å². The molecular weight excluding hydrogens is 1320 g/mol. The zero-order valence-electron chi connectivity index (χ0n) is 65.7. The van der Waals surface area contributed by atoms with Crippen LogP contribution in [-0.4, -0.2) is 96.7 Å². The molecule has 0 saturated carbocycles. The Morgan fingerprint density at radius 3 is 0.891 bits per heavy atom. The van der Waals surface area contributed by atoms with Crippen molar-refractivity contribution < 1.29 is 80.2 Å². The van der Waals surface area contributed by atoms with E-state index in [2.05, 4.69) is 65.8 Å². The molecule has 0 aliphatic rings. The van der Waals surface area contributed by atoms with Crippen molar-refractivity contribution in [3.8, 4) is 0 Å². The Balaban J connectivity index is 5.29. The fourth-order valence-electron chi connectivity index (χ4n) is 12.1. The topological polar surface area (TPSA) is 237 Å². The van der Waals surface area contributed by atoms with E-state index < -0.39 is 97.5 Å². The van der Waals surface area contributed by atoms with E-state index in [0.717, 1.165) is 121 Å². The number of unbranched alkanes of at least 4 members (excludes halogenated alkanes) is 45. The molecular formula is C82H156O17P2. The number of hydrogen-bond donors (Lipinski definition) is 3. The van der Waals surface area contributed by atoms with E-state index in [-0.39, 0.29) is 25.7 Å². The van der Waals surface area contributed by atoms with E-state index in [1.807, 2.05) is 0 Å². The standard InChI is InChI=1S/C82H156O17P2/c1-7-10-12-14-16-18-20-22-24-25-26-27-29-31-36-40-48-54-60-66-81(86)98-77(70-92-79(84)64-58-52-46-39-35-30-28-23-21-19-17-15-13-11-8-2)72-96-100(88,89)94-68-76(83)69-95-101(90,91)97-73-78(71-93-80(85)65-59-53-47-43-42-45-51-57-63-75(6)9-3)99-82(87)67-61-55-49-41-37-33-32-34-38-44-50-56-62-74(4)5/h19,21,23,28,74-78,83H,7-18,20,22,24-27,29-73H2,1-6H3,(H,88,89)(H,90,91)/b21-19-,28-23-/t75?,76-,77-,78-/m1/s1. The summed E-state index contributed by atoms with van der Waals surface area (Å²) in [5, 5.41) is 10.6. The number of hydrogen-bond acceptors (Lipinski definition) is 15. The number of aliphatic hydroxyl groups excluding tert-OH is 1. The molecule has 0 heterocycles. The summed E-state index contributed by atoms with van der Waals surface area (Å²) >= 11 is 0. The third kappa shape index (κ3) is 74.2. The van der Waals surface area contributed by atoms with Crippen molar-refractivity contribution in [2.45, 2.75) is 426 Å². The summed E-state index contributed by atoms with van der Waals surface area (Å²) in [5.74, 6) is -0.587. The highest BCUT2D eigenvalue weighted by atomic mass is 31.2. The van der Waals surface area contributed by atoms with Crippen LogP contribution in [0.15, 0.2) is 24.3 Å². The van der Waals surface area contributed by atoms with Crippen LogP contribution < -0.4 is 0 Å². The van der Waals surface area contributed by atoms with Gasteiger partial charge in [0.15, 0.2) is 12.2 Å². The maximum Gasteiger partial charge on any atom is 0.472 e. The van der Waals surface area contributed by atoms with Crippen molar-refractivity contribution in [1.82, 2.24) is 0 Å². The average Bonchev–Trinajstić information content (AvgIpc) is 0.964. The van der Waals surface area contributed by atoms with Gasteiger partial charge in [0.25, 0.3) is 0 Å². The number of allylic oxidation sites excluding steroid dienone is 4. The van der Waals surface area contributed by atoms with E-state index in [4.69, 9.17) is 37.0 Å². The van der Waals surface area contributed by atoms with Crippen LogP contribution in [-0.2, 0) is 65.4 Å². The Kier molecular flexibility index (Phi) is 71.3. The molecule has 0 rings (SSSR count). The van der Waals surface area contributed by atoms with Crippen molar-refractivity contribution in [3.05, 3.63) is 24.3 Å². The number of phosphoric acid groups is 2. The van der Waals surface area contributed by atoms with Gasteiger partial charge in [-0.15, -0.1) is 0 Å². The first-order valence-electron chi connectivity index (χ1n) is 41.8. The average molecular weight is 1480 g/mol. The minimum Gasteiger partial charge on any atom is -0.462 e. The zero-order chi connectivity index (χ0) is 74.2. The first kappa shape index (κ1) is 98.5. The summed E-state index contributed by atoms with van der Waals surface area (Å²) in [4.78, 5) is 73.1. The maximum absolute atomic E-state index is 13.1. The molecule has 101 heavy (non-hydrogen) atoms. The maximum atomic E-state index is 13.1. The molecule has 0 aromatic carbocycles. The molecule has 0 saturated heterocycles. The molecule has 0 aromatic heterocycles. The summed E-state index contributed by atoms with van der Waals surface area (Å²) in [6.45, 7) is 9.58. The number of rotatable bonds is 79. The molecule has 0 amide bonds. The lowest BCUT2D eigenvalue weighted by atomic mass is 9.99. The van der Waals surface area contributed by atoms with Crippen LogP contribution in [0.1, 0.15) is 408 Å². The molecule has 3 N–H and O–H groups in total. The SMILES string of the molecule is CCCCCC/C=C\C=C/CCCCCCCC(=O)OC[C@H](COP(=O)(O)OC[C@@H](O)COP(=O)(O)OC[C@@H](COC(=O)CCCCCCCCCCC(C)CC)OC(=O)CCCCCCCCCCCCCCC(C)C)OC(=O)CCCCCCCCCCCCCCCCCCCCC. The summed E-state index contributed by atoms with van der Waals surface area (Å²) in [6, 6.07) is 0. The Bertz CT molecular complexity index is 2040. The van der Waals surface area contributed by atoms with E-state index in [9.17, 15) is 43.2 Å². The minimum atomic E-state index is -4.97. The van der Waals surface area contributed by atoms with Crippen molar-refractivity contribution in [2.75, 3.05) is 39.6 Å². The molecule has 19 heteroatoms. The van der Waals surface area contributed by atoms with Crippen molar-refractivity contribution in [3.63, 3.8) is 0 Å². The lowest BCUT2D eigenvalue weighted by molar-refractivity contribution is -0.161. The molecule has 0 aliphatic carbocycles. The lowest BCUT2D eigenvalue weighted by Gasteiger charge is -2.21. The first-order valence-corrected chi connectivity index (χ1v) is 44.8. The van der Waals surface area contributed by atoms with E-state index in [1.165, 1.54) is 205 Å². The summed E-state index contributed by atoms with van der Waals surface area (Å²) in [6.07, 6.45) is 65.9. The van der Waals surface area contributed by atoms with Crippen LogP contribution in [0, 0.1) is 11.8 Å². The fraction of sp³-hybridized carbons (Fsp3) is 0.902. The van der Waals surface area contributed by atoms with Gasteiger partial charge >= 0.3 is 39.5 Å². The predicted molar refractivity (Wildman–Crippen MR) is 414 cm³/mol. The van der Waals surface area contributed by atoms with Crippen LogP contribution in [0.2, 0.25) is 0 Å². The van der Waals surface area contributed by atoms with E-state index in [0.29, 0.717) is 25.7 Å². The molecule has 6 atom stereocenters. The number of carbonyl (C=O) groups is 4. The summed E-state index contributed by atoms with van der Waals surface area (Å²) in [7, 11) is -9.93. The van der Waals surface area contributed by atoms with E-state index in [1.54, 1.807) is 0 Å². The molecule has 0 bridgehead atoms. The smallest absolute Gasteiger partial charge is 0.462 e. The first-order chi connectivity index (χ1) is 48.9. The third-order valence-corrected chi connectivity index (χ3v) is 20.8. The molecule has 17 nitrogen and oxygen atoms in total. The minimum absolute atomic E-state index is 0.102. The lowest BCUT2D eigenvalue weighted by Crippen LogP contribution is -2.30. The normalized spacial score (nSPS) is 14.3. The number of carbonyl (C=O) groups excluding carboxylic acids is 4. The molecule has 0 fully saturated rings. The second kappa shape index (κ2) is 73.1. The van der Waals surface area contributed by atoms with Gasteiger partial charge in [-0.25, -0.2) is 9.13 Å². The fourth-order valence-corrected chi connectivity index (χ4v) is 13.7. The predicted octanol–water partition coefficient (Wildman–Crippen LogP) is 24.2. The Hall–Kier alpha value is -2.46.